The zero-order valence-electron chi connectivity index (χ0n) is 7.79. The lowest BCUT2D eigenvalue weighted by molar-refractivity contribution is -0.146. The van der Waals surface area contributed by atoms with Gasteiger partial charge in [0.1, 0.15) is 6.04 Å². The lowest BCUT2D eigenvalue weighted by Crippen LogP contribution is -2.42. The van der Waals surface area contributed by atoms with Crippen LogP contribution in [0.1, 0.15) is 26.2 Å². The van der Waals surface area contributed by atoms with Gasteiger partial charge in [0.2, 0.25) is 0 Å². The van der Waals surface area contributed by atoms with Crippen LogP contribution in [0.5, 0.6) is 0 Å². The molecule has 2 fully saturated rings. The Bertz CT molecular complexity index is 198. The maximum Gasteiger partial charge on any atom is 0.323 e. The summed E-state index contributed by atoms with van der Waals surface area (Å²) in [4.78, 5) is 11.4. The Hall–Kier alpha value is -0.280. The van der Waals surface area contributed by atoms with Crippen molar-refractivity contribution < 1.29 is 9.53 Å². The zero-order valence-corrected chi connectivity index (χ0v) is 8.60. The van der Waals surface area contributed by atoms with Crippen LogP contribution in [-0.4, -0.2) is 24.7 Å². The fraction of sp³-hybridized carbons (Fsp3) is 0.889. The molecule has 3 atom stereocenters. The van der Waals surface area contributed by atoms with Gasteiger partial charge < -0.3 is 10.1 Å². The molecule has 0 aromatic rings. The van der Waals surface area contributed by atoms with Gasteiger partial charge in [0, 0.05) is 6.04 Å². The van der Waals surface area contributed by atoms with E-state index >= 15 is 0 Å². The molecule has 0 aromatic heterocycles. The van der Waals surface area contributed by atoms with E-state index in [-0.39, 0.29) is 24.4 Å². The number of rotatable bonds is 2. The number of hydrogen-bond acceptors (Lipinski definition) is 3. The maximum absolute atomic E-state index is 11.4. The van der Waals surface area contributed by atoms with Crippen LogP contribution in [0.4, 0.5) is 0 Å². The van der Waals surface area contributed by atoms with Gasteiger partial charge in [0.05, 0.1) is 6.61 Å². The highest BCUT2D eigenvalue weighted by Crippen LogP contribution is 2.35. The minimum absolute atomic E-state index is 0. The minimum Gasteiger partial charge on any atom is -0.465 e. The van der Waals surface area contributed by atoms with Crippen LogP contribution in [0.15, 0.2) is 0 Å². The third-order valence-corrected chi connectivity index (χ3v) is 2.90. The van der Waals surface area contributed by atoms with E-state index in [2.05, 4.69) is 5.32 Å². The Morgan fingerprint density at radius 1 is 1.54 bits per heavy atom. The first-order valence-corrected chi connectivity index (χ1v) is 4.74. The molecule has 4 heteroatoms. The van der Waals surface area contributed by atoms with Gasteiger partial charge in [-0.05, 0) is 32.1 Å². The molecule has 3 nitrogen and oxygen atoms in total. The second kappa shape index (κ2) is 4.29. The number of carbonyl (C=O) groups excluding carboxylic acids is 1. The summed E-state index contributed by atoms with van der Waals surface area (Å²) < 4.78 is 4.98. The van der Waals surface area contributed by atoms with Crippen LogP contribution in [0.2, 0.25) is 0 Å². The molecule has 76 valence electrons. The molecule has 2 bridgehead atoms. The Labute approximate surface area is 84.6 Å². The van der Waals surface area contributed by atoms with E-state index in [9.17, 15) is 4.79 Å². The number of esters is 1. The molecular weight excluding hydrogens is 190 g/mol. The molecule has 0 radical (unpaired) electrons. The highest BCUT2D eigenvalue weighted by atomic mass is 35.5. The van der Waals surface area contributed by atoms with Gasteiger partial charge in [-0.15, -0.1) is 12.4 Å². The zero-order chi connectivity index (χ0) is 8.55. The maximum atomic E-state index is 11.4. The fourth-order valence-corrected chi connectivity index (χ4v) is 2.35. The van der Waals surface area contributed by atoms with E-state index in [0.29, 0.717) is 18.6 Å². The third-order valence-electron chi connectivity index (χ3n) is 2.90. The van der Waals surface area contributed by atoms with Gasteiger partial charge in [-0.3, -0.25) is 4.79 Å². The Morgan fingerprint density at radius 3 is 2.77 bits per heavy atom. The molecule has 0 unspecified atom stereocenters. The largest absolute Gasteiger partial charge is 0.465 e. The molecule has 1 aliphatic carbocycles. The normalized spacial score (nSPS) is 35.6. The average molecular weight is 206 g/mol. The Morgan fingerprint density at radius 2 is 2.31 bits per heavy atom. The molecule has 1 heterocycles. The van der Waals surface area contributed by atoms with Crippen LogP contribution < -0.4 is 5.32 Å². The van der Waals surface area contributed by atoms with E-state index in [0.717, 1.165) is 0 Å². The lowest BCUT2D eigenvalue weighted by Gasteiger charge is -2.20. The van der Waals surface area contributed by atoms with Crippen molar-refractivity contribution in [1.82, 2.24) is 5.32 Å². The topological polar surface area (TPSA) is 38.3 Å². The number of halogens is 1. The number of nitrogens with one attached hydrogen (secondary N) is 1. The number of ether oxygens (including phenoxy) is 1. The summed E-state index contributed by atoms with van der Waals surface area (Å²) in [5, 5.41) is 3.30. The fourth-order valence-electron chi connectivity index (χ4n) is 2.35. The van der Waals surface area contributed by atoms with Crippen molar-refractivity contribution in [3.63, 3.8) is 0 Å². The van der Waals surface area contributed by atoms with Crippen LogP contribution in [-0.2, 0) is 9.53 Å². The lowest BCUT2D eigenvalue weighted by atomic mass is 10.0. The summed E-state index contributed by atoms with van der Waals surface area (Å²) in [6.07, 6.45) is 3.60. The van der Waals surface area contributed by atoms with Crippen molar-refractivity contribution >= 4 is 18.4 Å². The van der Waals surface area contributed by atoms with Crippen LogP contribution in [0.25, 0.3) is 0 Å². The van der Waals surface area contributed by atoms with Gasteiger partial charge in [-0.25, -0.2) is 0 Å². The minimum atomic E-state index is -0.0512. The molecule has 1 aliphatic heterocycles. The molecule has 0 aromatic carbocycles. The molecular formula is C9H16ClNO2. The predicted molar refractivity (Wildman–Crippen MR) is 51.9 cm³/mol. The second-order valence-electron chi connectivity index (χ2n) is 3.67. The van der Waals surface area contributed by atoms with Gasteiger partial charge >= 0.3 is 5.97 Å². The molecule has 2 rings (SSSR count). The monoisotopic (exact) mass is 205 g/mol. The summed E-state index contributed by atoms with van der Waals surface area (Å²) in [5.41, 5.74) is 0. The van der Waals surface area contributed by atoms with Crippen molar-refractivity contribution in [2.45, 2.75) is 38.3 Å². The van der Waals surface area contributed by atoms with Crippen molar-refractivity contribution in [3.8, 4) is 0 Å². The first kappa shape index (κ1) is 10.8. The predicted octanol–water partition coefficient (Wildman–Crippen LogP) is 1.11. The third kappa shape index (κ3) is 1.97. The molecule has 1 saturated carbocycles. The van der Waals surface area contributed by atoms with Gasteiger partial charge in [-0.2, -0.15) is 0 Å². The second-order valence-corrected chi connectivity index (χ2v) is 3.67. The Balaban J connectivity index is 0.000000845. The van der Waals surface area contributed by atoms with Crippen molar-refractivity contribution in [2.24, 2.45) is 5.92 Å². The van der Waals surface area contributed by atoms with E-state index in [4.69, 9.17) is 4.74 Å². The summed E-state index contributed by atoms with van der Waals surface area (Å²) in [5.74, 6) is 0.499. The molecule has 1 N–H and O–H groups in total. The van der Waals surface area contributed by atoms with Crippen molar-refractivity contribution in [1.29, 1.82) is 0 Å². The summed E-state index contributed by atoms with van der Waals surface area (Å²) in [6.45, 7) is 2.35. The van der Waals surface area contributed by atoms with Crippen LogP contribution in [0, 0.1) is 5.92 Å². The van der Waals surface area contributed by atoms with Crippen LogP contribution in [0.3, 0.4) is 0 Å². The molecule has 13 heavy (non-hydrogen) atoms. The van der Waals surface area contributed by atoms with E-state index in [1.54, 1.807) is 0 Å². The quantitative estimate of drug-likeness (QED) is 0.687. The standard InChI is InChI=1S/C9H15NO2.ClH/c1-2-12-9(11)8-6-3-4-7(5-6)10-8;/h6-8,10H,2-5H2,1H3;1H/t6-,7-,8+;/m0./s1. The highest BCUT2D eigenvalue weighted by Gasteiger charge is 2.43. The number of piperidine rings is 1. The highest BCUT2D eigenvalue weighted by molar-refractivity contribution is 5.85. The number of fused-ring (bicyclic) bond motifs is 2. The van der Waals surface area contributed by atoms with E-state index < -0.39 is 0 Å². The van der Waals surface area contributed by atoms with Gasteiger partial charge in [0.15, 0.2) is 0 Å². The summed E-state index contributed by atoms with van der Waals surface area (Å²) in [6, 6.07) is 0.591. The van der Waals surface area contributed by atoms with Crippen LogP contribution >= 0.6 is 12.4 Å². The SMILES string of the molecule is CCOC(=O)[C@@H]1N[C@H]2CC[C@H]1C2.Cl. The van der Waals surface area contributed by atoms with E-state index in [1.807, 2.05) is 6.92 Å². The number of hydrogen-bond donors (Lipinski definition) is 1. The summed E-state index contributed by atoms with van der Waals surface area (Å²) >= 11 is 0. The summed E-state index contributed by atoms with van der Waals surface area (Å²) in [7, 11) is 0. The molecule has 1 saturated heterocycles. The van der Waals surface area contributed by atoms with Gasteiger partial charge in [0.25, 0.3) is 0 Å². The average Bonchev–Trinajstić information content (AvgIpc) is 2.64. The van der Waals surface area contributed by atoms with E-state index in [1.165, 1.54) is 19.3 Å². The van der Waals surface area contributed by atoms with Crippen molar-refractivity contribution in [2.75, 3.05) is 6.61 Å². The first-order valence-electron chi connectivity index (χ1n) is 4.74. The smallest absolute Gasteiger partial charge is 0.323 e. The molecule has 0 spiro atoms. The molecule has 0 amide bonds. The first-order chi connectivity index (χ1) is 5.81. The Kier molecular flexibility index (Phi) is 3.56. The molecule has 2 aliphatic rings. The van der Waals surface area contributed by atoms with Crippen molar-refractivity contribution in [3.05, 3.63) is 0 Å². The van der Waals surface area contributed by atoms with Gasteiger partial charge in [-0.1, -0.05) is 0 Å². The number of carbonyl (C=O) groups is 1.